The van der Waals surface area contributed by atoms with Crippen molar-refractivity contribution in [2.75, 3.05) is 11.4 Å². The summed E-state index contributed by atoms with van der Waals surface area (Å²) in [7, 11) is 0. The lowest BCUT2D eigenvalue weighted by atomic mass is 10.0. The van der Waals surface area contributed by atoms with Crippen LogP contribution < -0.4 is 10.6 Å². The highest BCUT2D eigenvalue weighted by Crippen LogP contribution is 2.31. The van der Waals surface area contributed by atoms with Crippen LogP contribution in [0.4, 0.5) is 5.69 Å². The van der Waals surface area contributed by atoms with Gasteiger partial charge in [-0.1, -0.05) is 37.4 Å². The molecule has 0 bridgehead atoms. The lowest BCUT2D eigenvalue weighted by molar-refractivity contribution is 0.619. The first-order chi connectivity index (χ1) is 9.65. The van der Waals surface area contributed by atoms with E-state index in [1.54, 1.807) is 0 Å². The molecule has 0 radical (unpaired) electrons. The standard InChI is InChI=1S/C17H27ClN2/c1-3-14(19)11-13-9-10-16(12-17(13)18)20(4-2)15-7-5-6-8-15/h9-10,12,14-15H,3-8,11,19H2,1-2H3. The van der Waals surface area contributed by atoms with Crippen LogP contribution in [-0.4, -0.2) is 18.6 Å². The van der Waals surface area contributed by atoms with Crippen molar-refractivity contribution in [3.05, 3.63) is 28.8 Å². The van der Waals surface area contributed by atoms with Gasteiger partial charge in [-0.15, -0.1) is 0 Å². The van der Waals surface area contributed by atoms with E-state index >= 15 is 0 Å². The second-order valence-electron chi connectivity index (χ2n) is 5.87. The highest BCUT2D eigenvalue weighted by Gasteiger charge is 2.22. The van der Waals surface area contributed by atoms with Crippen molar-refractivity contribution in [3.63, 3.8) is 0 Å². The summed E-state index contributed by atoms with van der Waals surface area (Å²) in [5, 5.41) is 0.864. The van der Waals surface area contributed by atoms with Gasteiger partial charge in [-0.25, -0.2) is 0 Å². The molecular formula is C17H27ClN2. The summed E-state index contributed by atoms with van der Waals surface area (Å²) in [6, 6.07) is 7.40. The van der Waals surface area contributed by atoms with Crippen molar-refractivity contribution in [1.29, 1.82) is 0 Å². The molecular weight excluding hydrogens is 268 g/mol. The molecule has 0 spiro atoms. The fraction of sp³-hybridized carbons (Fsp3) is 0.647. The van der Waals surface area contributed by atoms with Crippen LogP contribution in [0.25, 0.3) is 0 Å². The number of hydrogen-bond donors (Lipinski definition) is 1. The molecule has 0 heterocycles. The number of anilines is 1. The number of nitrogens with two attached hydrogens (primary N) is 1. The predicted octanol–water partition coefficient (Wildman–Crippen LogP) is 4.39. The zero-order chi connectivity index (χ0) is 14.5. The van der Waals surface area contributed by atoms with Gasteiger partial charge in [0.05, 0.1) is 0 Å². The minimum absolute atomic E-state index is 0.204. The second-order valence-corrected chi connectivity index (χ2v) is 6.28. The first-order valence-electron chi connectivity index (χ1n) is 7.96. The van der Waals surface area contributed by atoms with Crippen molar-refractivity contribution < 1.29 is 0 Å². The third kappa shape index (κ3) is 3.67. The maximum atomic E-state index is 6.46. The van der Waals surface area contributed by atoms with Gasteiger partial charge in [0.2, 0.25) is 0 Å². The summed E-state index contributed by atoms with van der Waals surface area (Å²) in [4.78, 5) is 2.50. The largest absolute Gasteiger partial charge is 0.369 e. The van der Waals surface area contributed by atoms with E-state index in [1.807, 2.05) is 0 Å². The average molecular weight is 295 g/mol. The molecule has 1 aromatic rings. The number of halogens is 1. The summed E-state index contributed by atoms with van der Waals surface area (Å²) in [5.41, 5.74) is 8.46. The van der Waals surface area contributed by atoms with E-state index in [9.17, 15) is 0 Å². The van der Waals surface area contributed by atoms with Crippen LogP contribution in [0.3, 0.4) is 0 Å². The zero-order valence-corrected chi connectivity index (χ0v) is 13.5. The predicted molar refractivity (Wildman–Crippen MR) is 88.7 cm³/mol. The molecule has 1 aromatic carbocycles. The van der Waals surface area contributed by atoms with Crippen LogP contribution in [0, 0.1) is 0 Å². The Kier molecular flexibility index (Phi) is 5.74. The topological polar surface area (TPSA) is 29.3 Å². The number of hydrogen-bond acceptors (Lipinski definition) is 2. The molecule has 0 aliphatic heterocycles. The lowest BCUT2D eigenvalue weighted by Gasteiger charge is -2.30. The Morgan fingerprint density at radius 1 is 1.30 bits per heavy atom. The summed E-state index contributed by atoms with van der Waals surface area (Å²) < 4.78 is 0. The van der Waals surface area contributed by atoms with E-state index in [1.165, 1.54) is 36.9 Å². The summed E-state index contributed by atoms with van der Waals surface area (Å²) >= 11 is 6.46. The fourth-order valence-electron chi connectivity index (χ4n) is 3.17. The first-order valence-corrected chi connectivity index (χ1v) is 8.34. The molecule has 3 heteroatoms. The van der Waals surface area contributed by atoms with Crippen molar-refractivity contribution >= 4 is 17.3 Å². The van der Waals surface area contributed by atoms with E-state index in [0.29, 0.717) is 6.04 Å². The molecule has 0 amide bonds. The number of benzene rings is 1. The normalized spacial score (nSPS) is 17.4. The van der Waals surface area contributed by atoms with Gasteiger partial charge in [0.1, 0.15) is 0 Å². The Morgan fingerprint density at radius 3 is 2.55 bits per heavy atom. The van der Waals surface area contributed by atoms with Crippen LogP contribution in [-0.2, 0) is 6.42 Å². The van der Waals surface area contributed by atoms with Crippen LogP contribution in [0.2, 0.25) is 5.02 Å². The monoisotopic (exact) mass is 294 g/mol. The SMILES string of the molecule is CCC(N)Cc1ccc(N(CC)C2CCCC2)cc1Cl. The average Bonchev–Trinajstić information content (AvgIpc) is 2.96. The van der Waals surface area contributed by atoms with E-state index in [0.717, 1.165) is 24.4 Å². The van der Waals surface area contributed by atoms with Crippen LogP contribution in [0.1, 0.15) is 51.5 Å². The lowest BCUT2D eigenvalue weighted by Crippen LogP contribution is -2.33. The molecule has 1 unspecified atom stereocenters. The van der Waals surface area contributed by atoms with E-state index in [4.69, 9.17) is 17.3 Å². The Balaban J connectivity index is 2.14. The summed E-state index contributed by atoms with van der Waals surface area (Å²) in [6.45, 7) is 5.40. The van der Waals surface area contributed by atoms with Gasteiger partial charge in [0.25, 0.3) is 0 Å². The molecule has 0 aromatic heterocycles. The van der Waals surface area contributed by atoms with Crippen LogP contribution >= 0.6 is 11.6 Å². The van der Waals surface area contributed by atoms with Crippen molar-refractivity contribution in [1.82, 2.24) is 0 Å². The maximum Gasteiger partial charge on any atom is 0.0459 e. The number of rotatable bonds is 6. The Bertz CT molecular complexity index is 427. The molecule has 2 nitrogen and oxygen atoms in total. The van der Waals surface area contributed by atoms with Crippen molar-refractivity contribution in [2.45, 2.75) is 64.5 Å². The number of nitrogens with zero attached hydrogens (tertiary/aromatic N) is 1. The Morgan fingerprint density at radius 2 is 2.00 bits per heavy atom. The molecule has 2 N–H and O–H groups in total. The molecule has 1 fully saturated rings. The van der Waals surface area contributed by atoms with E-state index in [2.05, 4.69) is 36.9 Å². The van der Waals surface area contributed by atoms with Gasteiger partial charge in [-0.3, -0.25) is 0 Å². The van der Waals surface area contributed by atoms with Gasteiger partial charge in [-0.2, -0.15) is 0 Å². The quantitative estimate of drug-likeness (QED) is 0.843. The molecule has 1 saturated carbocycles. The zero-order valence-electron chi connectivity index (χ0n) is 12.7. The molecule has 2 rings (SSSR count). The second kappa shape index (κ2) is 7.33. The Labute approximate surface area is 128 Å². The molecule has 20 heavy (non-hydrogen) atoms. The van der Waals surface area contributed by atoms with E-state index < -0.39 is 0 Å². The van der Waals surface area contributed by atoms with Crippen molar-refractivity contribution in [2.24, 2.45) is 5.73 Å². The van der Waals surface area contributed by atoms with Crippen molar-refractivity contribution in [3.8, 4) is 0 Å². The van der Waals surface area contributed by atoms with Gasteiger partial charge < -0.3 is 10.6 Å². The van der Waals surface area contributed by atoms with Gasteiger partial charge in [0.15, 0.2) is 0 Å². The van der Waals surface area contributed by atoms with Gasteiger partial charge >= 0.3 is 0 Å². The van der Waals surface area contributed by atoms with Crippen LogP contribution in [0.15, 0.2) is 18.2 Å². The fourth-order valence-corrected chi connectivity index (χ4v) is 3.43. The summed E-state index contributed by atoms with van der Waals surface area (Å²) in [6.07, 6.45) is 7.20. The minimum Gasteiger partial charge on any atom is -0.369 e. The molecule has 0 saturated heterocycles. The van der Waals surface area contributed by atoms with Gasteiger partial charge in [0, 0.05) is 29.3 Å². The highest BCUT2D eigenvalue weighted by atomic mass is 35.5. The molecule has 1 aliphatic rings. The smallest absolute Gasteiger partial charge is 0.0459 e. The molecule has 112 valence electrons. The first kappa shape index (κ1) is 15.7. The van der Waals surface area contributed by atoms with E-state index in [-0.39, 0.29) is 6.04 Å². The Hall–Kier alpha value is -0.730. The minimum atomic E-state index is 0.204. The summed E-state index contributed by atoms with van der Waals surface area (Å²) in [5.74, 6) is 0. The third-order valence-electron chi connectivity index (χ3n) is 4.48. The molecule has 1 aliphatic carbocycles. The third-order valence-corrected chi connectivity index (χ3v) is 4.83. The maximum absolute atomic E-state index is 6.46. The molecule has 1 atom stereocenters. The van der Waals surface area contributed by atoms with Crippen LogP contribution in [0.5, 0.6) is 0 Å². The highest BCUT2D eigenvalue weighted by molar-refractivity contribution is 6.31. The van der Waals surface area contributed by atoms with Gasteiger partial charge in [-0.05, 0) is 50.3 Å².